The molecule has 1 aromatic heterocycles. The van der Waals surface area contributed by atoms with Gasteiger partial charge in [-0.3, -0.25) is 9.59 Å². The minimum absolute atomic E-state index is 0.0224. The second-order valence-corrected chi connectivity index (χ2v) is 8.87. The third-order valence-electron chi connectivity index (χ3n) is 4.54. The van der Waals surface area contributed by atoms with E-state index in [1.54, 1.807) is 23.1 Å². The Morgan fingerprint density at radius 2 is 2.04 bits per heavy atom. The van der Waals surface area contributed by atoms with E-state index in [1.165, 1.54) is 0 Å². The first kappa shape index (κ1) is 19.9. The Balaban J connectivity index is 1.55. The highest BCUT2D eigenvalue weighted by molar-refractivity contribution is 7.98. The first-order chi connectivity index (χ1) is 13.0. The number of likely N-dealkylation sites (tertiary alicyclic amines) is 1. The Kier molecular flexibility index (Phi) is 6.90. The van der Waals surface area contributed by atoms with Gasteiger partial charge in [0.15, 0.2) is 0 Å². The second kappa shape index (κ2) is 9.37. The number of hydrogen-bond donors (Lipinski definition) is 1. The van der Waals surface area contributed by atoms with Gasteiger partial charge >= 0.3 is 0 Å². The second-order valence-electron chi connectivity index (χ2n) is 6.71. The predicted molar refractivity (Wildman–Crippen MR) is 113 cm³/mol. The summed E-state index contributed by atoms with van der Waals surface area (Å²) in [6.07, 6.45) is 2.52. The maximum atomic E-state index is 12.9. The Morgan fingerprint density at radius 3 is 2.74 bits per heavy atom. The van der Waals surface area contributed by atoms with Crippen LogP contribution in [0.1, 0.15) is 45.9 Å². The quantitative estimate of drug-likeness (QED) is 0.702. The molecule has 27 heavy (non-hydrogen) atoms. The molecule has 1 aliphatic heterocycles. The molecule has 2 heterocycles. The Hall–Kier alpha value is -1.86. The lowest BCUT2D eigenvalue weighted by molar-refractivity contribution is -0.115. The molecule has 1 fully saturated rings. The van der Waals surface area contributed by atoms with Crippen LogP contribution >= 0.6 is 23.1 Å². The molecule has 0 saturated carbocycles. The average Bonchev–Trinajstić information content (AvgIpc) is 3.30. The fourth-order valence-electron chi connectivity index (χ4n) is 3.16. The number of carbonyl (C=O) groups excluding carboxylic acids is 2. The zero-order chi connectivity index (χ0) is 19.2. The Morgan fingerprint density at radius 1 is 1.26 bits per heavy atom. The van der Waals surface area contributed by atoms with Crippen molar-refractivity contribution < 1.29 is 9.59 Å². The van der Waals surface area contributed by atoms with E-state index >= 15 is 0 Å². The van der Waals surface area contributed by atoms with Crippen LogP contribution in [0.5, 0.6) is 0 Å². The zero-order valence-corrected chi connectivity index (χ0v) is 17.4. The van der Waals surface area contributed by atoms with Crippen LogP contribution in [-0.2, 0) is 10.5 Å². The summed E-state index contributed by atoms with van der Waals surface area (Å²) in [6, 6.07) is 5.62. The topological polar surface area (TPSA) is 62.3 Å². The lowest BCUT2D eigenvalue weighted by atomic mass is 10.0. The number of thioether (sulfide) groups is 1. The van der Waals surface area contributed by atoms with Crippen molar-refractivity contribution in [3.8, 4) is 0 Å². The van der Waals surface area contributed by atoms with Crippen molar-refractivity contribution in [2.75, 3.05) is 24.2 Å². The Bertz CT molecular complexity index is 813. The van der Waals surface area contributed by atoms with E-state index in [0.29, 0.717) is 17.7 Å². The molecule has 1 aliphatic rings. The maximum absolute atomic E-state index is 12.9. The molecule has 0 unspecified atom stereocenters. The van der Waals surface area contributed by atoms with Gasteiger partial charge in [-0.15, -0.1) is 11.3 Å². The van der Waals surface area contributed by atoms with Crippen molar-refractivity contribution in [2.45, 2.75) is 38.9 Å². The standard InChI is InChI=1S/C20H25N3O2S2/c1-14-6-5-7-17(19(14)20(25)23-9-3-4-10-23)22-18(24)8-11-26-12-16-13-27-15(2)21-16/h5-7,13H,3-4,8-12H2,1-2H3,(H,22,24). The van der Waals surface area contributed by atoms with E-state index in [2.05, 4.69) is 15.7 Å². The fraction of sp³-hybridized carbons (Fsp3) is 0.450. The average molecular weight is 404 g/mol. The van der Waals surface area contributed by atoms with Gasteiger partial charge in [-0.05, 0) is 38.3 Å². The summed E-state index contributed by atoms with van der Waals surface area (Å²) in [5.41, 5.74) is 3.22. The van der Waals surface area contributed by atoms with Crippen LogP contribution in [0, 0.1) is 13.8 Å². The molecule has 3 rings (SSSR count). The van der Waals surface area contributed by atoms with Crippen LogP contribution in [0.2, 0.25) is 0 Å². The van der Waals surface area contributed by atoms with E-state index < -0.39 is 0 Å². The molecule has 0 bridgehead atoms. The van der Waals surface area contributed by atoms with Crippen LogP contribution in [0.25, 0.3) is 0 Å². The van der Waals surface area contributed by atoms with E-state index in [4.69, 9.17) is 0 Å². The summed E-state index contributed by atoms with van der Waals surface area (Å²) in [6.45, 7) is 5.51. The summed E-state index contributed by atoms with van der Waals surface area (Å²) in [7, 11) is 0. The molecular formula is C20H25N3O2S2. The molecule has 2 amide bonds. The lowest BCUT2D eigenvalue weighted by Crippen LogP contribution is -2.29. The molecule has 1 N–H and O–H groups in total. The van der Waals surface area contributed by atoms with Crippen molar-refractivity contribution in [3.63, 3.8) is 0 Å². The molecular weight excluding hydrogens is 378 g/mol. The van der Waals surface area contributed by atoms with Gasteiger partial charge in [0.1, 0.15) is 0 Å². The third-order valence-corrected chi connectivity index (χ3v) is 6.36. The minimum atomic E-state index is -0.0574. The van der Waals surface area contributed by atoms with Gasteiger partial charge in [-0.1, -0.05) is 12.1 Å². The summed E-state index contributed by atoms with van der Waals surface area (Å²) in [4.78, 5) is 31.5. The number of anilines is 1. The molecule has 0 spiro atoms. The molecule has 1 saturated heterocycles. The number of aryl methyl sites for hydroxylation is 2. The zero-order valence-electron chi connectivity index (χ0n) is 15.8. The highest BCUT2D eigenvalue weighted by Gasteiger charge is 2.24. The number of nitrogens with zero attached hydrogens (tertiary/aromatic N) is 2. The van der Waals surface area contributed by atoms with Crippen LogP contribution < -0.4 is 5.32 Å². The Labute approximate surface area is 168 Å². The van der Waals surface area contributed by atoms with E-state index in [0.717, 1.165) is 53.7 Å². The highest BCUT2D eigenvalue weighted by atomic mass is 32.2. The van der Waals surface area contributed by atoms with Crippen LogP contribution in [0.4, 0.5) is 5.69 Å². The summed E-state index contributed by atoms with van der Waals surface area (Å²) >= 11 is 3.35. The van der Waals surface area contributed by atoms with Gasteiger partial charge in [0.05, 0.1) is 22.0 Å². The van der Waals surface area contributed by atoms with Crippen molar-refractivity contribution >= 4 is 40.6 Å². The van der Waals surface area contributed by atoms with Crippen LogP contribution in [-0.4, -0.2) is 40.5 Å². The number of benzene rings is 1. The van der Waals surface area contributed by atoms with Gasteiger partial charge in [0.25, 0.3) is 5.91 Å². The van der Waals surface area contributed by atoms with Gasteiger partial charge < -0.3 is 10.2 Å². The number of aromatic nitrogens is 1. The van der Waals surface area contributed by atoms with Crippen molar-refractivity contribution in [3.05, 3.63) is 45.4 Å². The molecule has 1 aromatic carbocycles. The smallest absolute Gasteiger partial charge is 0.256 e. The van der Waals surface area contributed by atoms with Gasteiger partial charge in [-0.25, -0.2) is 4.98 Å². The van der Waals surface area contributed by atoms with Crippen LogP contribution in [0.15, 0.2) is 23.6 Å². The molecule has 7 heteroatoms. The van der Waals surface area contributed by atoms with Crippen LogP contribution in [0.3, 0.4) is 0 Å². The number of rotatable bonds is 7. The first-order valence-electron chi connectivity index (χ1n) is 9.22. The van der Waals surface area contributed by atoms with Crippen molar-refractivity contribution in [1.82, 2.24) is 9.88 Å². The first-order valence-corrected chi connectivity index (χ1v) is 11.3. The largest absolute Gasteiger partial charge is 0.339 e. The summed E-state index contributed by atoms with van der Waals surface area (Å²) in [5.74, 6) is 1.51. The molecule has 2 aromatic rings. The number of thiazole rings is 1. The third kappa shape index (κ3) is 5.32. The summed E-state index contributed by atoms with van der Waals surface area (Å²) in [5, 5.41) is 6.07. The summed E-state index contributed by atoms with van der Waals surface area (Å²) < 4.78 is 0. The van der Waals surface area contributed by atoms with Crippen molar-refractivity contribution in [1.29, 1.82) is 0 Å². The lowest BCUT2D eigenvalue weighted by Gasteiger charge is -2.19. The number of nitrogens with one attached hydrogen (secondary N) is 1. The number of hydrogen-bond acceptors (Lipinski definition) is 5. The van der Waals surface area contributed by atoms with Crippen molar-refractivity contribution in [2.24, 2.45) is 0 Å². The normalized spacial score (nSPS) is 13.8. The SMILES string of the molecule is Cc1nc(CSCCC(=O)Nc2cccc(C)c2C(=O)N2CCCC2)cs1. The molecule has 0 radical (unpaired) electrons. The molecule has 144 valence electrons. The predicted octanol–water partition coefficient (Wildman–Crippen LogP) is 4.26. The minimum Gasteiger partial charge on any atom is -0.339 e. The number of carbonyl (C=O) groups is 2. The van der Waals surface area contributed by atoms with E-state index in [-0.39, 0.29) is 11.8 Å². The molecule has 5 nitrogen and oxygen atoms in total. The fourth-order valence-corrected chi connectivity index (χ4v) is 4.71. The molecule has 0 atom stereocenters. The highest BCUT2D eigenvalue weighted by Crippen LogP contribution is 2.24. The molecule has 0 aliphatic carbocycles. The monoisotopic (exact) mass is 403 g/mol. The van der Waals surface area contributed by atoms with Gasteiger partial charge in [-0.2, -0.15) is 11.8 Å². The van der Waals surface area contributed by atoms with Gasteiger partial charge in [0.2, 0.25) is 5.91 Å². The van der Waals surface area contributed by atoms with E-state index in [9.17, 15) is 9.59 Å². The van der Waals surface area contributed by atoms with Gasteiger partial charge in [0, 0.05) is 36.4 Å². The van der Waals surface area contributed by atoms with E-state index in [1.807, 2.05) is 36.9 Å². The number of amides is 2. The maximum Gasteiger partial charge on any atom is 0.256 e.